The molecule has 0 aromatic carbocycles. The summed E-state index contributed by atoms with van der Waals surface area (Å²) in [5.74, 6) is 0. The van der Waals surface area contributed by atoms with Crippen molar-refractivity contribution in [1.82, 2.24) is 0 Å². The van der Waals surface area contributed by atoms with E-state index in [1.54, 1.807) is 0 Å². The van der Waals surface area contributed by atoms with Crippen LogP contribution in [0.4, 0.5) is 0 Å². The van der Waals surface area contributed by atoms with Gasteiger partial charge in [-0.1, -0.05) is 0 Å². The Morgan fingerprint density at radius 1 is 0.667 bits per heavy atom. The first-order chi connectivity index (χ1) is 4.00. The zero-order valence-corrected chi connectivity index (χ0v) is 9.82. The average Bonchev–Trinajstić information content (AvgIpc) is 1.12. The van der Waals surface area contributed by atoms with E-state index < -0.39 is 15.6 Å². The molecule has 0 aromatic heterocycles. The van der Waals surface area contributed by atoms with Crippen LogP contribution in [-0.2, 0) is 47.3 Å². The Labute approximate surface area is 92.2 Å². The minimum Gasteiger partial charge on any atom is -0.822 e. The van der Waals surface area contributed by atoms with Crippen molar-refractivity contribution in [2.24, 2.45) is 0 Å². The Balaban J connectivity index is -0.0000000457. The molecule has 0 saturated heterocycles. The minimum absolute atomic E-state index is 0. The van der Waals surface area contributed by atoms with Gasteiger partial charge < -0.3 is 38.5 Å². The van der Waals surface area contributed by atoms with Gasteiger partial charge in [0.1, 0.15) is 0 Å². The Morgan fingerprint density at radius 3 is 0.667 bits per heavy atom. The van der Waals surface area contributed by atoms with Crippen LogP contribution in [-0.4, -0.2) is 0 Å². The second-order valence-corrected chi connectivity index (χ2v) is 2.68. The van der Waals surface area contributed by atoms with Crippen LogP contribution in [0.15, 0.2) is 0 Å². The molecule has 0 heterocycles. The van der Waals surface area contributed by atoms with Gasteiger partial charge in [0.25, 0.3) is 0 Å². The van der Waals surface area contributed by atoms with Crippen LogP contribution >= 0.6 is 15.6 Å². The van der Waals surface area contributed by atoms with E-state index >= 15 is 0 Å². The Bertz CT molecular complexity index is 129. The summed E-state index contributed by atoms with van der Waals surface area (Å²) in [6, 6.07) is 0. The molecule has 0 radical (unpaired) electrons. The maximum atomic E-state index is 8.55. The fraction of sp³-hybridized carbons (Fsp3) is 0. The van der Waals surface area contributed by atoms with Gasteiger partial charge in [0.15, 0.2) is 0 Å². The maximum absolute atomic E-state index is 8.55. The fourth-order valence-electron chi connectivity index (χ4n) is 0. The molecule has 8 nitrogen and oxygen atoms in total. The zero-order valence-electron chi connectivity index (χ0n) is 4.92. The van der Waals surface area contributed by atoms with Gasteiger partial charge in [-0.3, -0.25) is 0 Å². The van der Waals surface area contributed by atoms with Crippen molar-refractivity contribution in [3.8, 4) is 0 Å². The summed E-state index contributed by atoms with van der Waals surface area (Å²) in [4.78, 5) is 51.3. The van der Waals surface area contributed by atoms with Crippen LogP contribution in [0.1, 0.15) is 0 Å². The average molecular weight is 342 g/mol. The molecule has 0 rings (SSSR count). The molecule has 0 N–H and O–H groups in total. The van der Waals surface area contributed by atoms with Gasteiger partial charge in [0.05, 0.1) is 0 Å². The number of phosphoric acid groups is 2. The molecular formula is FeMoO8P2. The van der Waals surface area contributed by atoms with Crippen molar-refractivity contribution in [3.05, 3.63) is 0 Å². The van der Waals surface area contributed by atoms with Crippen LogP contribution in [0.25, 0.3) is 0 Å². The van der Waals surface area contributed by atoms with Crippen molar-refractivity contribution < 1.29 is 76.6 Å². The summed E-state index contributed by atoms with van der Waals surface area (Å²) in [6.45, 7) is 0. The van der Waals surface area contributed by atoms with E-state index in [0.717, 1.165) is 0 Å². The van der Waals surface area contributed by atoms with Crippen LogP contribution in [0.5, 0.6) is 0 Å². The zero-order chi connectivity index (χ0) is 9.00. The summed E-state index contributed by atoms with van der Waals surface area (Å²) in [5, 5.41) is 0. The molecule has 72 valence electrons. The summed E-state index contributed by atoms with van der Waals surface area (Å²) in [7, 11) is -10.8. The summed E-state index contributed by atoms with van der Waals surface area (Å²) < 4.78 is 17.1. The molecule has 0 aliphatic rings. The molecule has 0 unspecified atom stereocenters. The molecular weight excluding hydrogens is 342 g/mol. The van der Waals surface area contributed by atoms with Gasteiger partial charge in [-0.2, -0.15) is 15.6 Å². The smallest absolute Gasteiger partial charge is 0.822 e. The Hall–Kier alpha value is 1.43. The number of rotatable bonds is 0. The van der Waals surface area contributed by atoms with Gasteiger partial charge in [0, 0.05) is 0 Å². The molecule has 0 saturated carbocycles. The first kappa shape index (κ1) is 23.3. The topological polar surface area (TPSA) is 172 Å². The largest absolute Gasteiger partial charge is 4.00 e. The first-order valence-corrected chi connectivity index (χ1v) is 4.38. The van der Waals surface area contributed by atoms with E-state index in [9.17, 15) is 0 Å². The third-order valence-electron chi connectivity index (χ3n) is 0. The molecule has 0 aliphatic heterocycles. The van der Waals surface area contributed by atoms with Crippen LogP contribution in [0.2, 0.25) is 0 Å². The molecule has 12 heavy (non-hydrogen) atoms. The molecule has 0 fully saturated rings. The molecule has 0 aromatic rings. The molecule has 0 amide bonds. The standard InChI is InChI=1S/Fe.Mo.2H3O4P/c;;2*1-5(2,3)4/h;;2*(H3,1,2,3,4)/q+2;+4;;/p-6. The van der Waals surface area contributed by atoms with Crippen molar-refractivity contribution in [2.45, 2.75) is 0 Å². The molecule has 0 aliphatic carbocycles. The number of hydrogen-bond donors (Lipinski definition) is 0. The van der Waals surface area contributed by atoms with E-state index in [4.69, 9.17) is 38.5 Å². The minimum atomic E-state index is -5.39. The maximum Gasteiger partial charge on any atom is 4.00 e. The molecule has 0 atom stereocenters. The normalized spacial score (nSPS) is 9.83. The predicted molar refractivity (Wildman–Crippen MR) is 15.2 cm³/mol. The first-order valence-electron chi connectivity index (χ1n) is 1.46. The van der Waals surface area contributed by atoms with Gasteiger partial charge in [-0.25, -0.2) is 0 Å². The van der Waals surface area contributed by atoms with Crippen LogP contribution in [0.3, 0.4) is 0 Å². The molecule has 0 spiro atoms. The number of hydrogen-bond acceptors (Lipinski definition) is 8. The van der Waals surface area contributed by atoms with E-state index in [1.165, 1.54) is 0 Å². The SMILES string of the molecule is O=P([O-])([O-])[O-].O=P([O-])([O-])[O-].[Fe+2].[Mo+4]. The van der Waals surface area contributed by atoms with Crippen molar-refractivity contribution >= 4 is 15.6 Å². The van der Waals surface area contributed by atoms with Gasteiger partial charge in [0.2, 0.25) is 0 Å². The second-order valence-electron chi connectivity index (χ2n) is 0.894. The second kappa shape index (κ2) is 9.00. The fourth-order valence-corrected chi connectivity index (χ4v) is 0. The predicted octanol–water partition coefficient (Wildman–Crippen LogP) is -5.65. The molecule has 12 heteroatoms. The molecule has 0 bridgehead atoms. The third-order valence-corrected chi connectivity index (χ3v) is 0. The van der Waals surface area contributed by atoms with Crippen molar-refractivity contribution in [2.75, 3.05) is 0 Å². The quantitative estimate of drug-likeness (QED) is 0.309. The monoisotopic (exact) mass is 344 g/mol. The van der Waals surface area contributed by atoms with Crippen molar-refractivity contribution in [1.29, 1.82) is 0 Å². The van der Waals surface area contributed by atoms with E-state index in [1.807, 2.05) is 0 Å². The van der Waals surface area contributed by atoms with Crippen LogP contribution < -0.4 is 29.4 Å². The van der Waals surface area contributed by atoms with Gasteiger partial charge >= 0.3 is 38.1 Å². The summed E-state index contributed by atoms with van der Waals surface area (Å²) in [5.41, 5.74) is 0. The van der Waals surface area contributed by atoms with Crippen molar-refractivity contribution in [3.63, 3.8) is 0 Å². The van der Waals surface area contributed by atoms with E-state index in [0.29, 0.717) is 0 Å². The van der Waals surface area contributed by atoms with Gasteiger partial charge in [-0.15, -0.1) is 0 Å². The third kappa shape index (κ3) is 610. The summed E-state index contributed by atoms with van der Waals surface area (Å²) in [6.07, 6.45) is 0. The Kier molecular flexibility index (Phi) is 17.5. The summed E-state index contributed by atoms with van der Waals surface area (Å²) >= 11 is 0. The Morgan fingerprint density at radius 2 is 0.667 bits per heavy atom. The van der Waals surface area contributed by atoms with Gasteiger partial charge in [-0.05, 0) is 0 Å². The van der Waals surface area contributed by atoms with E-state index in [-0.39, 0.29) is 38.1 Å². The van der Waals surface area contributed by atoms with E-state index in [2.05, 4.69) is 0 Å². The van der Waals surface area contributed by atoms with Crippen LogP contribution in [0, 0.1) is 0 Å².